The monoisotopic (exact) mass is 296 g/mol. The van der Waals surface area contributed by atoms with E-state index in [0.717, 1.165) is 26.2 Å². The summed E-state index contributed by atoms with van der Waals surface area (Å²) in [6.45, 7) is 3.95. The van der Waals surface area contributed by atoms with Crippen molar-refractivity contribution < 1.29 is 9.53 Å². The number of aromatic nitrogens is 1. The quantitative estimate of drug-likeness (QED) is 0.782. The summed E-state index contributed by atoms with van der Waals surface area (Å²) < 4.78 is 4.65. The largest absolute Gasteiger partial charge is 0.464 e. The number of anilines is 2. The van der Waals surface area contributed by atoms with E-state index in [-0.39, 0.29) is 5.69 Å². The molecule has 0 bridgehead atoms. The van der Waals surface area contributed by atoms with E-state index in [1.807, 2.05) is 11.8 Å². The third-order valence-electron chi connectivity index (χ3n) is 3.15. The Morgan fingerprint density at radius 2 is 2.25 bits per heavy atom. The van der Waals surface area contributed by atoms with E-state index in [1.54, 1.807) is 12.1 Å². The van der Waals surface area contributed by atoms with Gasteiger partial charge in [0.25, 0.3) is 0 Å². The standard InChI is InChI=1S/C13H20N4O2S/c1-19-13(18)11-3-2-10(14)12(16-11)15-4-5-17-6-8-20-9-7-17/h2-3H,4-9,14H2,1H3,(H,15,16). The van der Waals surface area contributed by atoms with Crippen molar-refractivity contribution in [3.8, 4) is 0 Å². The molecule has 0 atom stereocenters. The molecule has 2 heterocycles. The molecule has 2 rings (SSSR count). The second-order valence-electron chi connectivity index (χ2n) is 4.51. The van der Waals surface area contributed by atoms with Gasteiger partial charge in [-0.3, -0.25) is 4.90 Å². The molecule has 0 spiro atoms. The Kier molecular flexibility index (Phi) is 5.49. The predicted molar refractivity (Wildman–Crippen MR) is 82.2 cm³/mol. The topological polar surface area (TPSA) is 80.5 Å². The Hall–Kier alpha value is -1.47. The number of hydrogen-bond acceptors (Lipinski definition) is 7. The number of nitrogens with one attached hydrogen (secondary N) is 1. The summed E-state index contributed by atoms with van der Waals surface area (Å²) >= 11 is 1.99. The molecule has 20 heavy (non-hydrogen) atoms. The molecule has 0 radical (unpaired) electrons. The molecule has 0 amide bonds. The fraction of sp³-hybridized carbons (Fsp3) is 0.538. The van der Waals surface area contributed by atoms with Gasteiger partial charge in [-0.1, -0.05) is 0 Å². The van der Waals surface area contributed by atoms with Crippen molar-refractivity contribution in [1.29, 1.82) is 0 Å². The van der Waals surface area contributed by atoms with Crippen LogP contribution in [0.5, 0.6) is 0 Å². The second-order valence-corrected chi connectivity index (χ2v) is 5.73. The number of ether oxygens (including phenoxy) is 1. The molecule has 1 aromatic rings. The van der Waals surface area contributed by atoms with Gasteiger partial charge in [0.2, 0.25) is 0 Å². The normalized spacial score (nSPS) is 15.8. The molecule has 3 N–H and O–H groups in total. The molecule has 6 nitrogen and oxygen atoms in total. The first-order chi connectivity index (χ1) is 9.70. The van der Waals surface area contributed by atoms with Crippen molar-refractivity contribution in [2.24, 2.45) is 0 Å². The predicted octanol–water partition coefficient (Wildman–Crippen LogP) is 0.911. The number of hydrogen-bond donors (Lipinski definition) is 2. The van der Waals surface area contributed by atoms with Crippen LogP contribution in [0.15, 0.2) is 12.1 Å². The highest BCUT2D eigenvalue weighted by Gasteiger charge is 2.12. The fourth-order valence-electron chi connectivity index (χ4n) is 1.99. The van der Waals surface area contributed by atoms with Gasteiger partial charge < -0.3 is 15.8 Å². The highest BCUT2D eigenvalue weighted by molar-refractivity contribution is 7.99. The number of nitrogens with zero attached hydrogens (tertiary/aromatic N) is 2. The van der Waals surface area contributed by atoms with Crippen LogP contribution in [0.25, 0.3) is 0 Å². The van der Waals surface area contributed by atoms with Crippen molar-refractivity contribution in [3.63, 3.8) is 0 Å². The number of nitrogens with two attached hydrogens (primary N) is 1. The molecule has 110 valence electrons. The lowest BCUT2D eigenvalue weighted by Gasteiger charge is -2.26. The zero-order valence-electron chi connectivity index (χ0n) is 11.6. The van der Waals surface area contributed by atoms with Crippen LogP contribution < -0.4 is 11.1 Å². The summed E-state index contributed by atoms with van der Waals surface area (Å²) in [5, 5.41) is 3.19. The lowest BCUT2D eigenvalue weighted by atomic mass is 10.3. The number of carbonyl (C=O) groups is 1. The van der Waals surface area contributed by atoms with Gasteiger partial charge in [0.15, 0.2) is 5.69 Å². The van der Waals surface area contributed by atoms with Crippen LogP contribution in [-0.2, 0) is 4.74 Å². The smallest absolute Gasteiger partial charge is 0.356 e. The average Bonchev–Trinajstić information content (AvgIpc) is 2.49. The van der Waals surface area contributed by atoms with Gasteiger partial charge in [-0.05, 0) is 12.1 Å². The van der Waals surface area contributed by atoms with E-state index >= 15 is 0 Å². The number of rotatable bonds is 5. The van der Waals surface area contributed by atoms with Crippen LogP contribution in [0.2, 0.25) is 0 Å². The van der Waals surface area contributed by atoms with Crippen molar-refractivity contribution >= 4 is 29.2 Å². The van der Waals surface area contributed by atoms with E-state index < -0.39 is 5.97 Å². The molecule has 0 unspecified atom stereocenters. The molecule has 1 aliphatic heterocycles. The van der Waals surface area contributed by atoms with E-state index in [2.05, 4.69) is 19.9 Å². The first-order valence-electron chi connectivity index (χ1n) is 6.59. The summed E-state index contributed by atoms with van der Waals surface area (Å²) in [5.74, 6) is 2.47. The number of nitrogen functional groups attached to an aromatic ring is 1. The van der Waals surface area contributed by atoms with Gasteiger partial charge in [0.1, 0.15) is 5.82 Å². The Balaban J connectivity index is 1.89. The number of carbonyl (C=O) groups excluding carboxylic acids is 1. The van der Waals surface area contributed by atoms with Crippen LogP contribution in [0.3, 0.4) is 0 Å². The molecule has 1 fully saturated rings. The molecule has 0 aliphatic carbocycles. The zero-order valence-corrected chi connectivity index (χ0v) is 12.4. The third-order valence-corrected chi connectivity index (χ3v) is 4.09. The van der Waals surface area contributed by atoms with Crippen LogP contribution in [0, 0.1) is 0 Å². The Morgan fingerprint density at radius 3 is 2.95 bits per heavy atom. The number of thioether (sulfide) groups is 1. The Labute approximate surface area is 123 Å². The molecule has 1 aromatic heterocycles. The molecule has 7 heteroatoms. The summed E-state index contributed by atoms with van der Waals surface area (Å²) in [4.78, 5) is 18.0. The summed E-state index contributed by atoms with van der Waals surface area (Å²) in [7, 11) is 1.34. The molecule has 0 saturated carbocycles. The minimum atomic E-state index is -0.457. The lowest BCUT2D eigenvalue weighted by Crippen LogP contribution is -2.36. The highest BCUT2D eigenvalue weighted by Crippen LogP contribution is 2.16. The van der Waals surface area contributed by atoms with Crippen molar-refractivity contribution in [2.45, 2.75) is 0 Å². The van der Waals surface area contributed by atoms with Gasteiger partial charge in [-0.15, -0.1) is 0 Å². The van der Waals surface area contributed by atoms with Gasteiger partial charge in [-0.2, -0.15) is 11.8 Å². The van der Waals surface area contributed by atoms with Crippen LogP contribution >= 0.6 is 11.8 Å². The first-order valence-corrected chi connectivity index (χ1v) is 7.75. The first kappa shape index (κ1) is 14.9. The average molecular weight is 296 g/mol. The number of methoxy groups -OCH3 is 1. The molecule has 0 aromatic carbocycles. The zero-order chi connectivity index (χ0) is 14.4. The molecular weight excluding hydrogens is 276 g/mol. The van der Waals surface area contributed by atoms with Gasteiger partial charge >= 0.3 is 5.97 Å². The van der Waals surface area contributed by atoms with E-state index in [4.69, 9.17) is 5.73 Å². The van der Waals surface area contributed by atoms with Gasteiger partial charge in [0.05, 0.1) is 12.8 Å². The minimum absolute atomic E-state index is 0.263. The second kappa shape index (κ2) is 7.35. The maximum Gasteiger partial charge on any atom is 0.356 e. The Morgan fingerprint density at radius 1 is 1.50 bits per heavy atom. The SMILES string of the molecule is COC(=O)c1ccc(N)c(NCCN2CCSCC2)n1. The summed E-state index contributed by atoms with van der Waals surface area (Å²) in [5.41, 5.74) is 6.65. The lowest BCUT2D eigenvalue weighted by molar-refractivity contribution is 0.0594. The van der Waals surface area contributed by atoms with Crippen molar-refractivity contribution in [3.05, 3.63) is 17.8 Å². The van der Waals surface area contributed by atoms with Crippen molar-refractivity contribution in [1.82, 2.24) is 9.88 Å². The highest BCUT2D eigenvalue weighted by atomic mass is 32.2. The molecular formula is C13H20N4O2S. The van der Waals surface area contributed by atoms with Crippen LogP contribution in [-0.4, -0.2) is 60.6 Å². The number of esters is 1. The summed E-state index contributed by atoms with van der Waals surface area (Å²) in [6.07, 6.45) is 0. The van der Waals surface area contributed by atoms with Crippen LogP contribution in [0.1, 0.15) is 10.5 Å². The number of pyridine rings is 1. The summed E-state index contributed by atoms with van der Waals surface area (Å²) in [6, 6.07) is 3.23. The third kappa shape index (κ3) is 4.01. The van der Waals surface area contributed by atoms with E-state index in [9.17, 15) is 4.79 Å². The Bertz CT molecular complexity index is 464. The van der Waals surface area contributed by atoms with E-state index in [0.29, 0.717) is 11.5 Å². The van der Waals surface area contributed by atoms with Crippen molar-refractivity contribution in [2.75, 3.05) is 55.8 Å². The fourth-order valence-corrected chi connectivity index (χ4v) is 2.97. The maximum atomic E-state index is 11.4. The minimum Gasteiger partial charge on any atom is -0.464 e. The maximum absolute atomic E-state index is 11.4. The van der Waals surface area contributed by atoms with Gasteiger partial charge in [-0.25, -0.2) is 9.78 Å². The van der Waals surface area contributed by atoms with Gasteiger partial charge in [0, 0.05) is 37.7 Å². The van der Waals surface area contributed by atoms with Crippen LogP contribution in [0.4, 0.5) is 11.5 Å². The molecule has 1 saturated heterocycles. The van der Waals surface area contributed by atoms with E-state index in [1.165, 1.54) is 18.6 Å². The molecule has 1 aliphatic rings.